The lowest BCUT2D eigenvalue weighted by atomic mass is 9.77. The fourth-order valence-corrected chi connectivity index (χ4v) is 7.44. The highest BCUT2D eigenvalue weighted by Gasteiger charge is 2.39. The number of aromatic hydroxyl groups is 1. The molecule has 0 amide bonds. The van der Waals surface area contributed by atoms with Crippen LogP contribution in [0.1, 0.15) is 93.8 Å². The molecule has 0 aliphatic heterocycles. The van der Waals surface area contributed by atoms with Crippen LogP contribution < -0.4 is 5.63 Å². The van der Waals surface area contributed by atoms with Gasteiger partial charge in [-0.3, -0.25) is 0 Å². The molecule has 4 rings (SSSR count). The second kappa shape index (κ2) is 9.85. The third-order valence-corrected chi connectivity index (χ3v) is 8.71. The van der Waals surface area contributed by atoms with Crippen LogP contribution in [0.5, 0.6) is 5.75 Å². The molecule has 1 aromatic heterocycles. The highest BCUT2D eigenvalue weighted by Crippen LogP contribution is 2.47. The minimum atomic E-state index is -0.328. The molecule has 1 atom stereocenters. The van der Waals surface area contributed by atoms with Gasteiger partial charge in [0.2, 0.25) is 0 Å². The highest BCUT2D eigenvalue weighted by molar-refractivity contribution is 8.00. The van der Waals surface area contributed by atoms with Gasteiger partial charge in [-0.1, -0.05) is 69.9 Å². The van der Waals surface area contributed by atoms with Crippen molar-refractivity contribution in [2.24, 2.45) is 5.92 Å². The SMILES string of the molecule is CC(C)CC(SC1CCCC1)c1c(O)cc(C2(Cc3ccccc3)CCCC2)oc1=O. The third kappa shape index (κ3) is 5.22. The molecule has 31 heavy (non-hydrogen) atoms. The van der Waals surface area contributed by atoms with E-state index in [1.54, 1.807) is 6.07 Å². The Labute approximate surface area is 190 Å². The number of thioether (sulfide) groups is 1. The molecule has 4 heteroatoms. The van der Waals surface area contributed by atoms with Crippen LogP contribution in [-0.2, 0) is 11.8 Å². The largest absolute Gasteiger partial charge is 0.507 e. The minimum absolute atomic E-state index is 0.00190. The Balaban J connectivity index is 1.66. The Bertz CT molecular complexity index is 906. The topological polar surface area (TPSA) is 50.4 Å². The molecule has 1 aromatic carbocycles. The van der Waals surface area contributed by atoms with E-state index in [1.807, 2.05) is 17.8 Å². The average Bonchev–Trinajstić information content (AvgIpc) is 3.40. The molecule has 1 N–H and O–H groups in total. The molecule has 168 valence electrons. The molecule has 1 unspecified atom stereocenters. The summed E-state index contributed by atoms with van der Waals surface area (Å²) in [6.45, 7) is 4.37. The van der Waals surface area contributed by atoms with Crippen molar-refractivity contribution in [3.05, 3.63) is 63.7 Å². The maximum atomic E-state index is 13.3. The zero-order valence-electron chi connectivity index (χ0n) is 18.9. The van der Waals surface area contributed by atoms with Gasteiger partial charge in [-0.2, -0.15) is 0 Å². The molecule has 0 bridgehead atoms. The first-order valence-electron chi connectivity index (χ1n) is 12.0. The molecule has 2 fully saturated rings. The summed E-state index contributed by atoms with van der Waals surface area (Å²) in [7, 11) is 0. The van der Waals surface area contributed by atoms with Gasteiger partial charge in [-0.15, -0.1) is 11.8 Å². The zero-order valence-corrected chi connectivity index (χ0v) is 19.8. The molecule has 2 aliphatic carbocycles. The van der Waals surface area contributed by atoms with E-state index in [1.165, 1.54) is 31.2 Å². The number of hydrogen-bond donors (Lipinski definition) is 1. The summed E-state index contributed by atoms with van der Waals surface area (Å²) in [6, 6.07) is 12.2. The summed E-state index contributed by atoms with van der Waals surface area (Å²) in [5, 5.41) is 11.7. The first-order chi connectivity index (χ1) is 15.0. The fourth-order valence-electron chi connectivity index (χ4n) is 5.52. The van der Waals surface area contributed by atoms with Crippen LogP contribution in [0.25, 0.3) is 0 Å². The second-order valence-electron chi connectivity index (χ2n) is 10.0. The van der Waals surface area contributed by atoms with Crippen LogP contribution in [0.2, 0.25) is 0 Å². The van der Waals surface area contributed by atoms with Gasteiger partial charge in [0.05, 0.1) is 5.56 Å². The molecular weight excluding hydrogens is 404 g/mol. The lowest BCUT2D eigenvalue weighted by molar-refractivity contribution is 0.306. The molecule has 2 saturated carbocycles. The summed E-state index contributed by atoms with van der Waals surface area (Å²) in [6.07, 6.45) is 11.0. The van der Waals surface area contributed by atoms with Gasteiger partial charge >= 0.3 is 5.63 Å². The van der Waals surface area contributed by atoms with Gasteiger partial charge in [0.15, 0.2) is 0 Å². The zero-order chi connectivity index (χ0) is 21.8. The lowest BCUT2D eigenvalue weighted by Crippen LogP contribution is -2.27. The molecule has 1 heterocycles. The van der Waals surface area contributed by atoms with E-state index in [9.17, 15) is 9.90 Å². The van der Waals surface area contributed by atoms with E-state index >= 15 is 0 Å². The Kier molecular flexibility index (Phi) is 7.15. The Morgan fingerprint density at radius 1 is 1.10 bits per heavy atom. The maximum Gasteiger partial charge on any atom is 0.344 e. The first kappa shape index (κ1) is 22.5. The molecule has 0 spiro atoms. The third-order valence-electron chi connectivity index (χ3n) is 7.10. The molecule has 2 aromatic rings. The Morgan fingerprint density at radius 3 is 2.39 bits per heavy atom. The number of rotatable bonds is 8. The predicted octanol–water partition coefficient (Wildman–Crippen LogP) is 7.16. The standard InChI is InChI=1S/C27H36O3S/c1-19(2)16-23(31-21-12-6-7-13-21)25-22(28)17-24(30-26(25)29)27(14-8-9-15-27)18-20-10-4-3-5-11-20/h3-5,10-11,17,19,21,23,28H,6-9,12-16,18H2,1-2H3. The molecule has 2 aliphatic rings. The van der Waals surface area contributed by atoms with Crippen molar-refractivity contribution in [3.8, 4) is 5.75 Å². The summed E-state index contributed by atoms with van der Waals surface area (Å²) in [5.74, 6) is 1.27. The van der Waals surface area contributed by atoms with Crippen molar-refractivity contribution in [1.82, 2.24) is 0 Å². The van der Waals surface area contributed by atoms with Crippen LogP contribution in [0.4, 0.5) is 0 Å². The first-order valence-corrected chi connectivity index (χ1v) is 13.0. The summed E-state index contributed by atoms with van der Waals surface area (Å²) >= 11 is 1.88. The predicted molar refractivity (Wildman–Crippen MR) is 129 cm³/mol. The van der Waals surface area contributed by atoms with E-state index in [-0.39, 0.29) is 22.0 Å². The van der Waals surface area contributed by atoms with Gasteiger partial charge in [0.1, 0.15) is 11.5 Å². The van der Waals surface area contributed by atoms with E-state index in [4.69, 9.17) is 4.42 Å². The summed E-state index contributed by atoms with van der Waals surface area (Å²) < 4.78 is 6.05. The van der Waals surface area contributed by atoms with Gasteiger partial charge < -0.3 is 9.52 Å². The summed E-state index contributed by atoms with van der Waals surface area (Å²) in [4.78, 5) is 13.3. The van der Waals surface area contributed by atoms with Crippen molar-refractivity contribution in [1.29, 1.82) is 0 Å². The summed E-state index contributed by atoms with van der Waals surface area (Å²) in [5.41, 5.74) is 1.22. The quantitative estimate of drug-likeness (QED) is 0.473. The van der Waals surface area contributed by atoms with Crippen molar-refractivity contribution in [2.45, 2.75) is 94.0 Å². The minimum Gasteiger partial charge on any atom is -0.507 e. The number of benzene rings is 1. The van der Waals surface area contributed by atoms with Crippen LogP contribution in [0.15, 0.2) is 45.6 Å². The molecule has 0 radical (unpaired) electrons. The highest BCUT2D eigenvalue weighted by atomic mass is 32.2. The van der Waals surface area contributed by atoms with Crippen molar-refractivity contribution >= 4 is 11.8 Å². The normalized spacial score (nSPS) is 19.8. The van der Waals surface area contributed by atoms with Gasteiger partial charge in [0, 0.05) is 22.0 Å². The van der Waals surface area contributed by atoms with Crippen LogP contribution >= 0.6 is 11.8 Å². The molecule has 3 nitrogen and oxygen atoms in total. The van der Waals surface area contributed by atoms with Crippen molar-refractivity contribution in [3.63, 3.8) is 0 Å². The maximum absolute atomic E-state index is 13.3. The van der Waals surface area contributed by atoms with Crippen LogP contribution in [0, 0.1) is 5.92 Å². The average molecular weight is 441 g/mol. The smallest absolute Gasteiger partial charge is 0.344 e. The van der Waals surface area contributed by atoms with Crippen molar-refractivity contribution < 1.29 is 9.52 Å². The Hall–Kier alpha value is -1.68. The monoisotopic (exact) mass is 440 g/mol. The van der Waals surface area contributed by atoms with Crippen LogP contribution in [-0.4, -0.2) is 10.4 Å². The van der Waals surface area contributed by atoms with Gasteiger partial charge in [0.25, 0.3) is 0 Å². The van der Waals surface area contributed by atoms with E-state index < -0.39 is 0 Å². The molecule has 0 saturated heterocycles. The van der Waals surface area contributed by atoms with Crippen LogP contribution in [0.3, 0.4) is 0 Å². The van der Waals surface area contributed by atoms with E-state index in [0.717, 1.165) is 38.5 Å². The van der Waals surface area contributed by atoms with Gasteiger partial charge in [-0.05, 0) is 50.0 Å². The second-order valence-corrected chi connectivity index (χ2v) is 11.5. The van der Waals surface area contributed by atoms with E-state index in [2.05, 4.69) is 38.1 Å². The Morgan fingerprint density at radius 2 is 1.77 bits per heavy atom. The fraction of sp³-hybridized carbons (Fsp3) is 0.593. The van der Waals surface area contributed by atoms with Gasteiger partial charge in [-0.25, -0.2) is 4.79 Å². The van der Waals surface area contributed by atoms with Crippen molar-refractivity contribution in [2.75, 3.05) is 0 Å². The van der Waals surface area contributed by atoms with E-state index in [0.29, 0.717) is 22.5 Å². The number of hydrogen-bond acceptors (Lipinski definition) is 4. The molecular formula is C27H36O3S. The lowest BCUT2D eigenvalue weighted by Gasteiger charge is -2.29.